The van der Waals surface area contributed by atoms with Crippen molar-refractivity contribution in [3.05, 3.63) is 52.5 Å². The Morgan fingerprint density at radius 2 is 1.39 bits per heavy atom. The van der Waals surface area contributed by atoms with E-state index in [0.717, 1.165) is 5.02 Å². The Labute approximate surface area is 143 Å². The Hall–Kier alpha value is -1.29. The Morgan fingerprint density at radius 1 is 0.870 bits per heavy atom. The molecule has 0 saturated carbocycles. The molecule has 0 atom stereocenters. The molecule has 4 heteroatoms. The van der Waals surface area contributed by atoms with Gasteiger partial charge in [-0.25, -0.2) is 0 Å². The van der Waals surface area contributed by atoms with Gasteiger partial charge in [0, 0.05) is 10.4 Å². The van der Waals surface area contributed by atoms with E-state index in [1.807, 2.05) is 18.2 Å². The highest BCUT2D eigenvalue weighted by Gasteiger charge is 2.48. The van der Waals surface area contributed by atoms with Gasteiger partial charge in [0.2, 0.25) is 0 Å². The molecule has 0 bridgehead atoms. The summed E-state index contributed by atoms with van der Waals surface area (Å²) in [5, 5.41) is 19.9. The lowest BCUT2D eigenvalue weighted by Crippen LogP contribution is -2.39. The number of hydrogen-bond donors (Lipinski definition) is 2. The van der Waals surface area contributed by atoms with Gasteiger partial charge in [-0.05, 0) is 51.7 Å². The molecular formula is C19H22BClO2. The second-order valence-electron chi connectivity index (χ2n) is 7.05. The summed E-state index contributed by atoms with van der Waals surface area (Å²) in [6.45, 7) is 8.90. The van der Waals surface area contributed by atoms with Crippen LogP contribution in [0.2, 0.25) is 5.02 Å². The van der Waals surface area contributed by atoms with Crippen LogP contribution in [0.3, 0.4) is 0 Å². The minimum atomic E-state index is -1.45. The lowest BCUT2D eigenvalue weighted by Gasteiger charge is -2.40. The zero-order chi connectivity index (χ0) is 16.9. The van der Waals surface area contributed by atoms with Crippen LogP contribution < -0.4 is 5.46 Å². The zero-order valence-electron chi connectivity index (χ0n) is 14.0. The average Bonchev–Trinajstić information content (AvgIpc) is 2.76. The molecule has 120 valence electrons. The summed E-state index contributed by atoms with van der Waals surface area (Å²) in [4.78, 5) is 0. The smallest absolute Gasteiger partial charge is 0.423 e. The fraction of sp³-hybridized carbons (Fsp3) is 0.368. The van der Waals surface area contributed by atoms with Crippen molar-refractivity contribution in [3.8, 4) is 11.1 Å². The van der Waals surface area contributed by atoms with Gasteiger partial charge in [-0.15, -0.1) is 0 Å². The van der Waals surface area contributed by atoms with Crippen LogP contribution in [-0.4, -0.2) is 17.2 Å². The second kappa shape index (κ2) is 5.66. The van der Waals surface area contributed by atoms with Crippen molar-refractivity contribution < 1.29 is 10.0 Å². The van der Waals surface area contributed by atoms with E-state index >= 15 is 0 Å². The van der Waals surface area contributed by atoms with Gasteiger partial charge in [0.25, 0.3) is 0 Å². The first-order valence-corrected chi connectivity index (χ1v) is 8.48. The van der Waals surface area contributed by atoms with E-state index in [1.165, 1.54) is 22.3 Å². The van der Waals surface area contributed by atoms with Crippen molar-refractivity contribution in [1.29, 1.82) is 0 Å². The largest absolute Gasteiger partial charge is 0.488 e. The van der Waals surface area contributed by atoms with Crippen molar-refractivity contribution in [2.24, 2.45) is 11.8 Å². The molecule has 0 fully saturated rings. The van der Waals surface area contributed by atoms with E-state index in [0.29, 0.717) is 17.3 Å². The van der Waals surface area contributed by atoms with Crippen molar-refractivity contribution in [1.82, 2.24) is 0 Å². The number of rotatable bonds is 3. The lowest BCUT2D eigenvalue weighted by atomic mass is 9.62. The lowest BCUT2D eigenvalue weighted by molar-refractivity contribution is 0.280. The third kappa shape index (κ3) is 2.26. The summed E-state index contributed by atoms with van der Waals surface area (Å²) >= 11 is 6.30. The van der Waals surface area contributed by atoms with Crippen molar-refractivity contribution in [3.63, 3.8) is 0 Å². The molecule has 0 unspecified atom stereocenters. The fourth-order valence-electron chi connectivity index (χ4n) is 4.45. The Morgan fingerprint density at radius 3 is 1.91 bits per heavy atom. The molecule has 0 radical (unpaired) electrons. The Kier molecular flexibility index (Phi) is 4.08. The van der Waals surface area contributed by atoms with E-state index in [9.17, 15) is 10.0 Å². The van der Waals surface area contributed by atoms with Gasteiger partial charge in [0.1, 0.15) is 0 Å². The van der Waals surface area contributed by atoms with Crippen LogP contribution in [0.1, 0.15) is 38.8 Å². The predicted molar refractivity (Wildman–Crippen MR) is 97.2 cm³/mol. The Balaban J connectivity index is 2.40. The van der Waals surface area contributed by atoms with Crippen molar-refractivity contribution >= 4 is 24.2 Å². The molecule has 2 nitrogen and oxygen atoms in total. The highest BCUT2D eigenvalue weighted by molar-refractivity contribution is 6.58. The highest BCUT2D eigenvalue weighted by atomic mass is 35.5. The van der Waals surface area contributed by atoms with E-state index in [2.05, 4.69) is 39.8 Å². The molecule has 0 aromatic heterocycles. The number of hydrogen-bond acceptors (Lipinski definition) is 2. The van der Waals surface area contributed by atoms with E-state index < -0.39 is 7.12 Å². The molecule has 0 aliphatic heterocycles. The summed E-state index contributed by atoms with van der Waals surface area (Å²) in [5.74, 6) is 0.708. The molecule has 0 amide bonds. The summed E-state index contributed by atoms with van der Waals surface area (Å²) in [5.41, 5.74) is 5.14. The molecule has 2 N–H and O–H groups in total. The average molecular weight is 329 g/mol. The third-order valence-electron chi connectivity index (χ3n) is 5.33. The van der Waals surface area contributed by atoms with Crippen LogP contribution >= 0.6 is 11.6 Å². The van der Waals surface area contributed by atoms with E-state index in [4.69, 9.17) is 11.6 Å². The van der Waals surface area contributed by atoms with Crippen LogP contribution in [0.15, 0.2) is 36.4 Å². The molecule has 2 aromatic carbocycles. The van der Waals surface area contributed by atoms with Crippen LogP contribution in [0.4, 0.5) is 0 Å². The third-order valence-corrected chi connectivity index (χ3v) is 5.56. The maximum Gasteiger partial charge on any atom is 0.488 e. The zero-order valence-corrected chi connectivity index (χ0v) is 14.7. The summed E-state index contributed by atoms with van der Waals surface area (Å²) < 4.78 is 0. The summed E-state index contributed by atoms with van der Waals surface area (Å²) in [6, 6.07) is 11.8. The van der Waals surface area contributed by atoms with Gasteiger partial charge in [-0.1, -0.05) is 63.6 Å². The molecule has 3 rings (SSSR count). The molecule has 1 aliphatic rings. The number of benzene rings is 2. The normalized spacial score (nSPS) is 15.0. The first-order valence-electron chi connectivity index (χ1n) is 8.11. The Bertz CT molecular complexity index is 745. The van der Waals surface area contributed by atoms with Gasteiger partial charge in [-0.3, -0.25) is 0 Å². The minimum Gasteiger partial charge on any atom is -0.423 e. The quantitative estimate of drug-likeness (QED) is 0.845. The molecule has 0 heterocycles. The summed E-state index contributed by atoms with van der Waals surface area (Å²) in [6.07, 6.45) is 0. The van der Waals surface area contributed by atoms with Gasteiger partial charge >= 0.3 is 7.12 Å². The van der Waals surface area contributed by atoms with E-state index in [-0.39, 0.29) is 5.41 Å². The molecule has 0 spiro atoms. The molecular weight excluding hydrogens is 306 g/mol. The van der Waals surface area contributed by atoms with Crippen LogP contribution in [0.5, 0.6) is 0 Å². The van der Waals surface area contributed by atoms with E-state index in [1.54, 1.807) is 6.07 Å². The molecule has 1 aliphatic carbocycles. The van der Waals surface area contributed by atoms with Gasteiger partial charge < -0.3 is 10.0 Å². The van der Waals surface area contributed by atoms with Crippen molar-refractivity contribution in [2.75, 3.05) is 0 Å². The minimum absolute atomic E-state index is 0.180. The van der Waals surface area contributed by atoms with Gasteiger partial charge in [-0.2, -0.15) is 0 Å². The number of halogens is 1. The molecule has 2 aromatic rings. The molecule has 23 heavy (non-hydrogen) atoms. The fourth-order valence-corrected chi connectivity index (χ4v) is 4.62. The monoisotopic (exact) mass is 328 g/mol. The summed E-state index contributed by atoms with van der Waals surface area (Å²) in [7, 11) is -1.45. The maximum atomic E-state index is 9.60. The van der Waals surface area contributed by atoms with Crippen molar-refractivity contribution in [2.45, 2.75) is 33.1 Å². The van der Waals surface area contributed by atoms with Crippen LogP contribution in [0, 0.1) is 11.8 Å². The van der Waals surface area contributed by atoms with Gasteiger partial charge in [0.15, 0.2) is 0 Å². The van der Waals surface area contributed by atoms with Crippen LogP contribution in [-0.2, 0) is 5.41 Å². The standard InChI is InChI=1S/C19H22BClO2/c1-11(2)19(12(3)4)17-9-13(20(22)23)5-7-15(17)16-8-6-14(21)10-18(16)19/h5-12,22-23H,1-4H3. The first-order chi connectivity index (χ1) is 10.8. The van der Waals surface area contributed by atoms with Gasteiger partial charge in [0.05, 0.1) is 0 Å². The molecule has 0 saturated heterocycles. The number of fused-ring (bicyclic) bond motifs is 3. The SMILES string of the molecule is CC(C)C1(C(C)C)c2cc(Cl)ccc2-c2ccc(B(O)O)cc21. The highest BCUT2D eigenvalue weighted by Crippen LogP contribution is 2.56. The predicted octanol–water partition coefficient (Wildman–Crippen LogP) is 3.60. The maximum absolute atomic E-state index is 9.60. The van der Waals surface area contributed by atoms with Crippen LogP contribution in [0.25, 0.3) is 11.1 Å². The first kappa shape index (κ1) is 16.6. The second-order valence-corrected chi connectivity index (χ2v) is 7.48. The topological polar surface area (TPSA) is 40.5 Å².